The first-order valence-corrected chi connectivity index (χ1v) is 7.04. The average Bonchev–Trinajstić information content (AvgIpc) is 2.87. The van der Waals surface area contributed by atoms with Crippen LogP contribution in [0.3, 0.4) is 0 Å². The van der Waals surface area contributed by atoms with Gasteiger partial charge in [-0.05, 0) is 48.4 Å². The molecule has 1 atom stereocenters. The first kappa shape index (κ1) is 12.4. The fraction of sp³-hybridized carbons (Fsp3) is 0.333. The molecule has 1 N–H and O–H groups in total. The molecule has 19 heavy (non-hydrogen) atoms. The summed E-state index contributed by atoms with van der Waals surface area (Å²) in [7, 11) is 0. The number of hydrogen-bond acceptors (Lipinski definition) is 1. The maximum absolute atomic E-state index is 10.7. The molecule has 2 aromatic rings. The standard InChI is InChI=1S/C18H20O/c1-18(19,17-8-3-2-4-9-17)13-14-10-11-15-6-5-7-16(15)12-14/h2-4,8-12,19H,5-7,13H2,1H3. The molecule has 0 bridgehead atoms. The fourth-order valence-electron chi connectivity index (χ4n) is 3.03. The normalized spacial score (nSPS) is 16.9. The van der Waals surface area contributed by atoms with E-state index in [2.05, 4.69) is 18.2 Å². The van der Waals surface area contributed by atoms with Crippen molar-refractivity contribution < 1.29 is 5.11 Å². The Hall–Kier alpha value is -1.60. The van der Waals surface area contributed by atoms with E-state index in [1.807, 2.05) is 37.3 Å². The van der Waals surface area contributed by atoms with E-state index in [1.54, 1.807) is 0 Å². The molecule has 1 heteroatoms. The number of hydrogen-bond donors (Lipinski definition) is 1. The van der Waals surface area contributed by atoms with Crippen LogP contribution in [0.1, 0.15) is 35.6 Å². The maximum atomic E-state index is 10.7. The summed E-state index contributed by atoms with van der Waals surface area (Å²) in [6, 6.07) is 16.6. The van der Waals surface area contributed by atoms with Gasteiger partial charge >= 0.3 is 0 Å². The zero-order valence-corrected chi connectivity index (χ0v) is 11.4. The third-order valence-electron chi connectivity index (χ3n) is 4.11. The molecule has 0 aromatic heterocycles. The number of rotatable bonds is 3. The smallest absolute Gasteiger partial charge is 0.0908 e. The molecule has 98 valence electrons. The van der Waals surface area contributed by atoms with E-state index < -0.39 is 5.60 Å². The van der Waals surface area contributed by atoms with Gasteiger partial charge in [-0.3, -0.25) is 0 Å². The van der Waals surface area contributed by atoms with Crippen molar-refractivity contribution in [1.29, 1.82) is 0 Å². The molecule has 2 aromatic carbocycles. The topological polar surface area (TPSA) is 20.2 Å². The summed E-state index contributed by atoms with van der Waals surface area (Å²) in [6.45, 7) is 1.90. The Kier molecular flexibility index (Phi) is 3.16. The van der Waals surface area contributed by atoms with E-state index in [-0.39, 0.29) is 0 Å². The average molecular weight is 252 g/mol. The third-order valence-corrected chi connectivity index (χ3v) is 4.11. The summed E-state index contributed by atoms with van der Waals surface area (Å²) in [6.07, 6.45) is 4.35. The first-order valence-electron chi connectivity index (χ1n) is 7.04. The van der Waals surface area contributed by atoms with Crippen LogP contribution in [0.5, 0.6) is 0 Å². The van der Waals surface area contributed by atoms with Crippen molar-refractivity contribution in [2.45, 2.75) is 38.2 Å². The van der Waals surface area contributed by atoms with E-state index in [0.29, 0.717) is 6.42 Å². The van der Waals surface area contributed by atoms with Crippen molar-refractivity contribution in [2.75, 3.05) is 0 Å². The molecule has 3 rings (SSSR count). The minimum absolute atomic E-state index is 0.671. The van der Waals surface area contributed by atoms with Gasteiger partial charge in [-0.1, -0.05) is 48.5 Å². The highest BCUT2D eigenvalue weighted by atomic mass is 16.3. The Bertz CT molecular complexity index is 569. The van der Waals surface area contributed by atoms with Gasteiger partial charge in [-0.2, -0.15) is 0 Å². The summed E-state index contributed by atoms with van der Waals surface area (Å²) < 4.78 is 0. The highest BCUT2D eigenvalue weighted by Gasteiger charge is 2.23. The van der Waals surface area contributed by atoms with Crippen LogP contribution >= 0.6 is 0 Å². The molecule has 0 saturated carbocycles. The zero-order chi connectivity index (χ0) is 13.3. The fourth-order valence-corrected chi connectivity index (χ4v) is 3.03. The first-order chi connectivity index (χ1) is 9.15. The molecule has 0 amide bonds. The molecule has 1 unspecified atom stereocenters. The Morgan fingerprint density at radius 2 is 1.74 bits per heavy atom. The molecule has 0 aliphatic heterocycles. The van der Waals surface area contributed by atoms with Crippen molar-refractivity contribution in [2.24, 2.45) is 0 Å². The van der Waals surface area contributed by atoms with Gasteiger partial charge in [0.25, 0.3) is 0 Å². The molecule has 0 fully saturated rings. The zero-order valence-electron chi connectivity index (χ0n) is 11.4. The van der Waals surface area contributed by atoms with Gasteiger partial charge in [0.2, 0.25) is 0 Å². The minimum atomic E-state index is -0.798. The number of fused-ring (bicyclic) bond motifs is 1. The lowest BCUT2D eigenvalue weighted by atomic mass is 9.88. The van der Waals surface area contributed by atoms with Crippen LogP contribution in [-0.2, 0) is 24.9 Å². The number of aliphatic hydroxyl groups is 1. The van der Waals surface area contributed by atoms with Crippen LogP contribution in [0.4, 0.5) is 0 Å². The molecule has 0 saturated heterocycles. The Morgan fingerprint density at radius 3 is 2.53 bits per heavy atom. The van der Waals surface area contributed by atoms with E-state index >= 15 is 0 Å². The summed E-state index contributed by atoms with van der Waals surface area (Å²) in [5, 5.41) is 10.7. The van der Waals surface area contributed by atoms with Gasteiger partial charge in [-0.25, -0.2) is 0 Å². The van der Waals surface area contributed by atoms with Gasteiger partial charge in [0.05, 0.1) is 5.60 Å². The predicted molar refractivity (Wildman–Crippen MR) is 78.2 cm³/mol. The van der Waals surface area contributed by atoms with Crippen LogP contribution in [0.15, 0.2) is 48.5 Å². The highest BCUT2D eigenvalue weighted by molar-refractivity contribution is 5.36. The van der Waals surface area contributed by atoms with Crippen molar-refractivity contribution >= 4 is 0 Å². The molecular formula is C18H20O. The molecule has 1 aliphatic rings. The van der Waals surface area contributed by atoms with Gasteiger partial charge in [-0.15, -0.1) is 0 Å². The molecule has 1 aliphatic carbocycles. The highest BCUT2D eigenvalue weighted by Crippen LogP contribution is 2.28. The minimum Gasteiger partial charge on any atom is -0.385 e. The quantitative estimate of drug-likeness (QED) is 0.884. The molecule has 0 spiro atoms. The van der Waals surface area contributed by atoms with Gasteiger partial charge in [0.15, 0.2) is 0 Å². The van der Waals surface area contributed by atoms with E-state index in [9.17, 15) is 5.11 Å². The van der Waals surface area contributed by atoms with Crippen molar-refractivity contribution in [1.82, 2.24) is 0 Å². The monoisotopic (exact) mass is 252 g/mol. The second-order valence-electron chi connectivity index (χ2n) is 5.77. The van der Waals surface area contributed by atoms with E-state index in [1.165, 1.54) is 36.0 Å². The second-order valence-corrected chi connectivity index (χ2v) is 5.77. The second kappa shape index (κ2) is 4.82. The van der Waals surface area contributed by atoms with Gasteiger partial charge in [0.1, 0.15) is 0 Å². The van der Waals surface area contributed by atoms with Gasteiger partial charge < -0.3 is 5.11 Å². The van der Waals surface area contributed by atoms with Gasteiger partial charge in [0, 0.05) is 6.42 Å². The lowest BCUT2D eigenvalue weighted by Gasteiger charge is -2.24. The number of aryl methyl sites for hydroxylation is 2. The Labute approximate surface area is 114 Å². The SMILES string of the molecule is CC(O)(Cc1ccc2c(c1)CCC2)c1ccccc1. The lowest BCUT2D eigenvalue weighted by Crippen LogP contribution is -2.24. The summed E-state index contributed by atoms with van der Waals surface area (Å²) >= 11 is 0. The Morgan fingerprint density at radius 1 is 1.00 bits per heavy atom. The Balaban J connectivity index is 1.85. The number of benzene rings is 2. The van der Waals surface area contributed by atoms with E-state index in [4.69, 9.17) is 0 Å². The van der Waals surface area contributed by atoms with Crippen molar-refractivity contribution in [3.8, 4) is 0 Å². The molecular weight excluding hydrogens is 232 g/mol. The van der Waals surface area contributed by atoms with Crippen LogP contribution < -0.4 is 0 Å². The molecule has 0 heterocycles. The molecule has 0 radical (unpaired) electrons. The lowest BCUT2D eigenvalue weighted by molar-refractivity contribution is 0.0576. The van der Waals surface area contributed by atoms with Crippen molar-refractivity contribution in [3.63, 3.8) is 0 Å². The van der Waals surface area contributed by atoms with Crippen LogP contribution in [0, 0.1) is 0 Å². The van der Waals surface area contributed by atoms with Crippen LogP contribution in [-0.4, -0.2) is 5.11 Å². The summed E-state index contributed by atoms with van der Waals surface area (Å²) in [5.74, 6) is 0. The van der Waals surface area contributed by atoms with Crippen LogP contribution in [0.2, 0.25) is 0 Å². The van der Waals surface area contributed by atoms with E-state index in [0.717, 1.165) is 5.56 Å². The summed E-state index contributed by atoms with van der Waals surface area (Å²) in [4.78, 5) is 0. The van der Waals surface area contributed by atoms with Crippen molar-refractivity contribution in [3.05, 3.63) is 70.8 Å². The molecule has 1 nitrogen and oxygen atoms in total. The maximum Gasteiger partial charge on any atom is 0.0908 e. The largest absolute Gasteiger partial charge is 0.385 e. The summed E-state index contributed by atoms with van der Waals surface area (Å²) in [5.41, 5.74) is 4.38. The van der Waals surface area contributed by atoms with Crippen LogP contribution in [0.25, 0.3) is 0 Å². The predicted octanol–water partition coefficient (Wildman–Crippen LogP) is 3.63. The third kappa shape index (κ3) is 2.57.